The van der Waals surface area contributed by atoms with E-state index < -0.39 is 38.7 Å². The van der Waals surface area contributed by atoms with Gasteiger partial charge in [-0.15, -0.1) is 0 Å². The van der Waals surface area contributed by atoms with Crippen LogP contribution >= 0.6 is 0 Å². The van der Waals surface area contributed by atoms with Crippen molar-refractivity contribution >= 4 is 22.0 Å². The summed E-state index contributed by atoms with van der Waals surface area (Å²) in [4.78, 5) is 26.9. The zero-order chi connectivity index (χ0) is 21.1. The van der Waals surface area contributed by atoms with Crippen molar-refractivity contribution in [3.63, 3.8) is 0 Å². The van der Waals surface area contributed by atoms with Gasteiger partial charge in [0, 0.05) is 26.2 Å². The molecule has 0 N–H and O–H groups in total. The number of ether oxygens (including phenoxy) is 2. The summed E-state index contributed by atoms with van der Waals surface area (Å²) in [7, 11) is -2.76. The first-order chi connectivity index (χ1) is 12.9. The third kappa shape index (κ3) is 5.34. The first-order valence-electron chi connectivity index (χ1n) is 8.74. The number of hydrogen-bond donors (Lipinski definition) is 0. The average Bonchev–Trinajstić information content (AvgIpc) is 2.84. The highest BCUT2D eigenvalue weighted by Crippen LogP contribution is 2.22. The molecule has 0 aliphatic carbocycles. The summed E-state index contributed by atoms with van der Waals surface area (Å²) in [5.74, 6) is -0.564. The Morgan fingerprint density at radius 1 is 1.04 bits per heavy atom. The van der Waals surface area contributed by atoms with Crippen LogP contribution in [0.15, 0.2) is 29.2 Å². The van der Waals surface area contributed by atoms with Gasteiger partial charge >= 0.3 is 12.2 Å². The highest BCUT2D eigenvalue weighted by molar-refractivity contribution is 7.92. The largest absolute Gasteiger partial charge is 0.453 e. The Labute approximate surface area is 164 Å². The maximum absolute atomic E-state index is 13.2. The Hall–Kier alpha value is -2.36. The summed E-state index contributed by atoms with van der Waals surface area (Å²) < 4.78 is 49.4. The smallest absolute Gasteiger partial charge is 0.410 e. The number of carbonyl (C=O) groups is 2. The van der Waals surface area contributed by atoms with E-state index in [1.807, 2.05) is 0 Å². The van der Waals surface area contributed by atoms with Gasteiger partial charge in [0.1, 0.15) is 16.7 Å². The standard InChI is InChI=1S/C18H25FN2O6S/c1-18(2,3)27-17(23)21-10-9-20(16(22)26-4)11-15(12-21)28(24,25)14-7-5-13(19)6-8-14/h5-8,15H,9-12H2,1-4H3. The topological polar surface area (TPSA) is 93.2 Å². The molecule has 1 fully saturated rings. The van der Waals surface area contributed by atoms with E-state index in [1.165, 1.54) is 16.9 Å². The number of halogens is 1. The van der Waals surface area contributed by atoms with Crippen molar-refractivity contribution in [1.82, 2.24) is 9.80 Å². The molecule has 28 heavy (non-hydrogen) atoms. The van der Waals surface area contributed by atoms with E-state index >= 15 is 0 Å². The normalized spacial score (nSPS) is 18.4. The Bertz CT molecular complexity index is 819. The second kappa shape index (κ2) is 8.34. The third-order valence-electron chi connectivity index (χ3n) is 4.15. The zero-order valence-corrected chi connectivity index (χ0v) is 17.2. The van der Waals surface area contributed by atoms with Gasteiger partial charge in [0.25, 0.3) is 0 Å². The van der Waals surface area contributed by atoms with Crippen molar-refractivity contribution < 1.29 is 31.9 Å². The second-order valence-electron chi connectivity index (χ2n) is 7.46. The highest BCUT2D eigenvalue weighted by Gasteiger charge is 2.38. The number of nitrogens with zero attached hydrogens (tertiary/aromatic N) is 2. The number of amides is 2. The molecule has 1 atom stereocenters. The van der Waals surface area contributed by atoms with Crippen molar-refractivity contribution in [3.05, 3.63) is 30.1 Å². The SMILES string of the molecule is COC(=O)N1CCN(C(=O)OC(C)(C)C)CC(S(=O)(=O)c2ccc(F)cc2)C1. The molecule has 2 rings (SSSR count). The quantitative estimate of drug-likeness (QED) is 0.687. The van der Waals surface area contributed by atoms with Crippen molar-refractivity contribution in [2.45, 2.75) is 36.5 Å². The summed E-state index contributed by atoms with van der Waals surface area (Å²) in [6, 6.07) is 4.42. The monoisotopic (exact) mass is 416 g/mol. The van der Waals surface area contributed by atoms with E-state index in [1.54, 1.807) is 20.8 Å². The number of rotatable bonds is 2. The van der Waals surface area contributed by atoms with Gasteiger partial charge in [-0.3, -0.25) is 0 Å². The van der Waals surface area contributed by atoms with E-state index in [4.69, 9.17) is 9.47 Å². The molecule has 10 heteroatoms. The van der Waals surface area contributed by atoms with Crippen LogP contribution in [0.5, 0.6) is 0 Å². The van der Waals surface area contributed by atoms with Gasteiger partial charge in [-0.25, -0.2) is 22.4 Å². The molecule has 1 aromatic carbocycles. The van der Waals surface area contributed by atoms with E-state index in [2.05, 4.69) is 0 Å². The predicted molar refractivity (Wildman–Crippen MR) is 99.2 cm³/mol. The van der Waals surface area contributed by atoms with Gasteiger partial charge in [0.2, 0.25) is 0 Å². The molecule has 0 bridgehead atoms. The van der Waals surface area contributed by atoms with E-state index in [9.17, 15) is 22.4 Å². The molecule has 2 amide bonds. The second-order valence-corrected chi connectivity index (χ2v) is 9.69. The van der Waals surface area contributed by atoms with Crippen molar-refractivity contribution in [1.29, 1.82) is 0 Å². The molecule has 1 aliphatic rings. The first kappa shape index (κ1) is 21.9. The fraction of sp³-hybridized carbons (Fsp3) is 0.556. The number of methoxy groups -OCH3 is 1. The summed E-state index contributed by atoms with van der Waals surface area (Å²) in [6.07, 6.45) is -1.36. The van der Waals surface area contributed by atoms with Gasteiger partial charge in [0.15, 0.2) is 9.84 Å². The lowest BCUT2D eigenvalue weighted by molar-refractivity contribution is 0.0257. The molecule has 0 radical (unpaired) electrons. The van der Waals surface area contributed by atoms with Gasteiger partial charge in [-0.2, -0.15) is 0 Å². The number of hydrogen-bond acceptors (Lipinski definition) is 6. The van der Waals surface area contributed by atoms with Crippen LogP contribution < -0.4 is 0 Å². The highest BCUT2D eigenvalue weighted by atomic mass is 32.2. The number of benzene rings is 1. The molecule has 1 unspecified atom stereocenters. The van der Waals surface area contributed by atoms with Crippen molar-refractivity contribution in [3.8, 4) is 0 Å². The molecule has 1 aromatic rings. The van der Waals surface area contributed by atoms with Crippen LogP contribution in [-0.2, 0) is 19.3 Å². The minimum atomic E-state index is -3.95. The lowest BCUT2D eigenvalue weighted by atomic mass is 10.2. The van der Waals surface area contributed by atoms with E-state index in [0.717, 1.165) is 24.3 Å². The summed E-state index contributed by atoms with van der Waals surface area (Å²) in [6.45, 7) is 4.98. The van der Waals surface area contributed by atoms with Crippen LogP contribution in [0.4, 0.5) is 14.0 Å². The number of carbonyl (C=O) groups excluding carboxylic acids is 2. The Balaban J connectivity index is 2.35. The van der Waals surface area contributed by atoms with Crippen LogP contribution in [0, 0.1) is 5.82 Å². The summed E-state index contributed by atoms with van der Waals surface area (Å²) in [5.41, 5.74) is -0.753. The minimum absolute atomic E-state index is 0.0882. The Morgan fingerprint density at radius 2 is 1.54 bits per heavy atom. The van der Waals surface area contributed by atoms with Crippen LogP contribution in [0.2, 0.25) is 0 Å². The van der Waals surface area contributed by atoms with E-state index in [0.29, 0.717) is 0 Å². The molecule has 1 saturated heterocycles. The average molecular weight is 416 g/mol. The lowest BCUT2D eigenvalue weighted by Gasteiger charge is -2.27. The van der Waals surface area contributed by atoms with Crippen LogP contribution in [0.25, 0.3) is 0 Å². The maximum Gasteiger partial charge on any atom is 0.410 e. The fourth-order valence-electron chi connectivity index (χ4n) is 2.77. The molecule has 0 saturated carbocycles. The van der Waals surface area contributed by atoms with Crippen LogP contribution in [0.1, 0.15) is 20.8 Å². The van der Waals surface area contributed by atoms with Gasteiger partial charge in [-0.1, -0.05) is 0 Å². The molecule has 1 heterocycles. The minimum Gasteiger partial charge on any atom is -0.453 e. The van der Waals surface area contributed by atoms with Crippen LogP contribution in [-0.4, -0.2) is 74.5 Å². The molecule has 0 spiro atoms. The molecule has 8 nitrogen and oxygen atoms in total. The first-order valence-corrected chi connectivity index (χ1v) is 10.3. The Morgan fingerprint density at radius 3 is 2.00 bits per heavy atom. The number of sulfone groups is 1. The molecular formula is C18H25FN2O6S. The van der Waals surface area contributed by atoms with Gasteiger partial charge in [0.05, 0.1) is 12.0 Å². The van der Waals surface area contributed by atoms with Gasteiger partial charge in [-0.05, 0) is 45.0 Å². The molecule has 156 valence electrons. The molecule has 0 aromatic heterocycles. The predicted octanol–water partition coefficient (Wildman–Crippen LogP) is 2.29. The Kier molecular flexibility index (Phi) is 6.53. The fourth-order valence-corrected chi connectivity index (χ4v) is 4.43. The maximum atomic E-state index is 13.2. The van der Waals surface area contributed by atoms with E-state index in [-0.39, 0.29) is 31.1 Å². The van der Waals surface area contributed by atoms with Gasteiger partial charge < -0.3 is 19.3 Å². The molecule has 1 aliphatic heterocycles. The van der Waals surface area contributed by atoms with Crippen molar-refractivity contribution in [2.75, 3.05) is 33.3 Å². The molecular weight excluding hydrogens is 391 g/mol. The third-order valence-corrected chi connectivity index (χ3v) is 6.26. The van der Waals surface area contributed by atoms with Crippen molar-refractivity contribution in [2.24, 2.45) is 0 Å². The van der Waals surface area contributed by atoms with Crippen LogP contribution in [0.3, 0.4) is 0 Å². The summed E-state index contributed by atoms with van der Waals surface area (Å²) in [5, 5.41) is -1.12. The zero-order valence-electron chi connectivity index (χ0n) is 16.3. The lowest BCUT2D eigenvalue weighted by Crippen LogP contribution is -2.43. The summed E-state index contributed by atoms with van der Waals surface area (Å²) >= 11 is 0.